The van der Waals surface area contributed by atoms with Gasteiger partial charge in [-0.2, -0.15) is 0 Å². The summed E-state index contributed by atoms with van der Waals surface area (Å²) in [7, 11) is 0. The average molecular weight is 249 g/mol. The van der Waals surface area contributed by atoms with Crippen LogP contribution in [-0.2, 0) is 6.54 Å². The van der Waals surface area contributed by atoms with Crippen LogP contribution in [0, 0.1) is 0 Å². The number of hydrogen-bond acceptors (Lipinski definition) is 3. The number of thiazole rings is 1. The predicted molar refractivity (Wildman–Crippen MR) is 72.4 cm³/mol. The SMILES string of the molecule is CCCNC(C)c1ccn(Cc2cncs2)c1. The van der Waals surface area contributed by atoms with Gasteiger partial charge in [-0.3, -0.25) is 4.98 Å². The molecule has 0 spiro atoms. The molecule has 2 rings (SSSR count). The molecule has 0 bridgehead atoms. The summed E-state index contributed by atoms with van der Waals surface area (Å²) in [5, 5.41) is 3.50. The minimum Gasteiger partial charge on any atom is -0.349 e. The van der Waals surface area contributed by atoms with Gasteiger partial charge >= 0.3 is 0 Å². The lowest BCUT2D eigenvalue weighted by molar-refractivity contribution is 0.569. The van der Waals surface area contributed by atoms with Crippen molar-refractivity contribution >= 4 is 11.3 Å². The minimum absolute atomic E-state index is 0.428. The molecular weight excluding hydrogens is 230 g/mol. The zero-order valence-electron chi connectivity index (χ0n) is 10.4. The third-order valence-corrected chi connectivity index (χ3v) is 3.56. The van der Waals surface area contributed by atoms with Crippen molar-refractivity contribution in [2.75, 3.05) is 6.54 Å². The standard InChI is InChI=1S/C13H19N3S/c1-3-5-15-11(2)12-4-6-16(8-12)9-13-7-14-10-17-13/h4,6-8,10-11,15H,3,5,9H2,1-2H3. The van der Waals surface area contributed by atoms with Crippen molar-refractivity contribution in [3.05, 3.63) is 40.6 Å². The third kappa shape index (κ3) is 3.41. The largest absolute Gasteiger partial charge is 0.349 e. The van der Waals surface area contributed by atoms with E-state index in [4.69, 9.17) is 0 Å². The van der Waals surface area contributed by atoms with Crippen molar-refractivity contribution in [2.24, 2.45) is 0 Å². The molecule has 0 radical (unpaired) electrons. The fraction of sp³-hybridized carbons (Fsp3) is 0.462. The monoisotopic (exact) mass is 249 g/mol. The molecule has 92 valence electrons. The number of rotatable bonds is 6. The van der Waals surface area contributed by atoms with Crippen LogP contribution in [0.1, 0.15) is 36.8 Å². The van der Waals surface area contributed by atoms with Crippen molar-refractivity contribution < 1.29 is 0 Å². The molecule has 0 aliphatic carbocycles. The summed E-state index contributed by atoms with van der Waals surface area (Å²) in [4.78, 5) is 5.39. The van der Waals surface area contributed by atoms with Gasteiger partial charge in [0.05, 0.1) is 12.1 Å². The molecule has 17 heavy (non-hydrogen) atoms. The van der Waals surface area contributed by atoms with Gasteiger partial charge in [0.2, 0.25) is 0 Å². The van der Waals surface area contributed by atoms with Gasteiger partial charge in [-0.05, 0) is 31.5 Å². The molecule has 2 heterocycles. The molecule has 0 aromatic carbocycles. The lowest BCUT2D eigenvalue weighted by atomic mass is 10.2. The van der Waals surface area contributed by atoms with Crippen LogP contribution in [0.25, 0.3) is 0 Å². The summed E-state index contributed by atoms with van der Waals surface area (Å²) in [6.07, 6.45) is 7.46. The predicted octanol–water partition coefficient (Wildman–Crippen LogP) is 3.05. The van der Waals surface area contributed by atoms with Crippen molar-refractivity contribution in [3.63, 3.8) is 0 Å². The van der Waals surface area contributed by atoms with Crippen LogP contribution in [0.15, 0.2) is 30.2 Å². The Labute approximate surface area is 107 Å². The normalized spacial score (nSPS) is 12.8. The second-order valence-corrected chi connectivity index (χ2v) is 5.23. The first-order valence-corrected chi connectivity index (χ1v) is 6.94. The Morgan fingerprint density at radius 3 is 3.12 bits per heavy atom. The number of hydrogen-bond donors (Lipinski definition) is 1. The maximum Gasteiger partial charge on any atom is 0.0794 e. The van der Waals surface area contributed by atoms with E-state index in [0.717, 1.165) is 13.1 Å². The van der Waals surface area contributed by atoms with Gasteiger partial charge in [0.1, 0.15) is 0 Å². The van der Waals surface area contributed by atoms with Gasteiger partial charge < -0.3 is 9.88 Å². The summed E-state index contributed by atoms with van der Waals surface area (Å²) in [6, 6.07) is 2.62. The molecule has 0 aliphatic heterocycles. The van der Waals surface area contributed by atoms with E-state index >= 15 is 0 Å². The zero-order valence-corrected chi connectivity index (χ0v) is 11.2. The Kier molecular flexibility index (Phi) is 4.34. The fourth-order valence-corrected chi connectivity index (χ4v) is 2.40. The van der Waals surface area contributed by atoms with Gasteiger partial charge in [0.25, 0.3) is 0 Å². The van der Waals surface area contributed by atoms with Crippen LogP contribution in [0.2, 0.25) is 0 Å². The van der Waals surface area contributed by atoms with Gasteiger partial charge in [-0.1, -0.05) is 6.92 Å². The molecule has 1 N–H and O–H groups in total. The topological polar surface area (TPSA) is 29.9 Å². The molecule has 3 nitrogen and oxygen atoms in total. The molecule has 1 atom stereocenters. The lowest BCUT2D eigenvalue weighted by Gasteiger charge is -2.11. The van der Waals surface area contributed by atoms with Crippen molar-refractivity contribution in [3.8, 4) is 0 Å². The van der Waals surface area contributed by atoms with E-state index < -0.39 is 0 Å². The Bertz CT molecular complexity index is 433. The van der Waals surface area contributed by atoms with E-state index in [9.17, 15) is 0 Å². The number of nitrogens with zero attached hydrogens (tertiary/aromatic N) is 2. The quantitative estimate of drug-likeness (QED) is 0.852. The summed E-state index contributed by atoms with van der Waals surface area (Å²) >= 11 is 1.70. The van der Waals surface area contributed by atoms with Crippen LogP contribution < -0.4 is 5.32 Å². The highest BCUT2D eigenvalue weighted by molar-refractivity contribution is 7.09. The molecule has 2 aromatic rings. The minimum atomic E-state index is 0.428. The molecule has 0 saturated carbocycles. The lowest BCUT2D eigenvalue weighted by Crippen LogP contribution is -2.18. The van der Waals surface area contributed by atoms with Crippen LogP contribution >= 0.6 is 11.3 Å². The summed E-state index contributed by atoms with van der Waals surface area (Å²) in [6.45, 7) is 6.39. The molecule has 0 amide bonds. The summed E-state index contributed by atoms with van der Waals surface area (Å²) in [5.74, 6) is 0. The smallest absolute Gasteiger partial charge is 0.0794 e. The first-order valence-electron chi connectivity index (χ1n) is 6.06. The first kappa shape index (κ1) is 12.3. The molecule has 4 heteroatoms. The Balaban J connectivity index is 1.95. The van der Waals surface area contributed by atoms with Crippen LogP contribution in [-0.4, -0.2) is 16.1 Å². The van der Waals surface area contributed by atoms with E-state index in [2.05, 4.69) is 47.2 Å². The number of nitrogens with one attached hydrogen (secondary N) is 1. The Morgan fingerprint density at radius 2 is 2.41 bits per heavy atom. The van der Waals surface area contributed by atoms with E-state index in [1.807, 2.05) is 11.7 Å². The second kappa shape index (κ2) is 5.98. The Morgan fingerprint density at radius 1 is 1.53 bits per heavy atom. The fourth-order valence-electron chi connectivity index (χ4n) is 1.79. The zero-order chi connectivity index (χ0) is 12.1. The third-order valence-electron chi connectivity index (χ3n) is 2.80. The maximum absolute atomic E-state index is 4.09. The first-order chi connectivity index (χ1) is 8.29. The summed E-state index contributed by atoms with van der Waals surface area (Å²) < 4.78 is 2.22. The van der Waals surface area contributed by atoms with Gasteiger partial charge in [0.15, 0.2) is 0 Å². The van der Waals surface area contributed by atoms with Crippen molar-refractivity contribution in [1.82, 2.24) is 14.9 Å². The number of aromatic nitrogens is 2. The average Bonchev–Trinajstić information content (AvgIpc) is 2.98. The molecule has 0 fully saturated rings. The van der Waals surface area contributed by atoms with E-state index in [0.29, 0.717) is 6.04 Å². The van der Waals surface area contributed by atoms with Crippen LogP contribution in [0.3, 0.4) is 0 Å². The Hall–Kier alpha value is -1.13. The van der Waals surface area contributed by atoms with Gasteiger partial charge in [-0.25, -0.2) is 0 Å². The van der Waals surface area contributed by atoms with Crippen LogP contribution in [0.5, 0.6) is 0 Å². The van der Waals surface area contributed by atoms with E-state index in [1.54, 1.807) is 11.3 Å². The van der Waals surface area contributed by atoms with Crippen LogP contribution in [0.4, 0.5) is 0 Å². The molecule has 0 saturated heterocycles. The highest BCUT2D eigenvalue weighted by Crippen LogP contribution is 2.15. The van der Waals surface area contributed by atoms with E-state index in [1.165, 1.54) is 16.9 Å². The molecule has 1 unspecified atom stereocenters. The van der Waals surface area contributed by atoms with Gasteiger partial charge in [0, 0.05) is 29.5 Å². The second-order valence-electron chi connectivity index (χ2n) is 4.26. The van der Waals surface area contributed by atoms with Crippen molar-refractivity contribution in [1.29, 1.82) is 0 Å². The molecule has 2 aromatic heterocycles. The van der Waals surface area contributed by atoms with E-state index in [-0.39, 0.29) is 0 Å². The highest BCUT2D eigenvalue weighted by Gasteiger charge is 2.06. The van der Waals surface area contributed by atoms with Gasteiger partial charge in [-0.15, -0.1) is 11.3 Å². The molecule has 0 aliphatic rings. The molecular formula is C13H19N3S. The highest BCUT2D eigenvalue weighted by atomic mass is 32.1. The maximum atomic E-state index is 4.09. The summed E-state index contributed by atoms with van der Waals surface area (Å²) in [5.41, 5.74) is 3.23. The van der Waals surface area contributed by atoms with Crippen molar-refractivity contribution in [2.45, 2.75) is 32.9 Å².